The van der Waals surface area contributed by atoms with E-state index in [0.717, 1.165) is 23.2 Å². The van der Waals surface area contributed by atoms with E-state index in [2.05, 4.69) is 5.32 Å². The first-order valence-electron chi connectivity index (χ1n) is 12.8. The maximum Gasteiger partial charge on any atom is 0.264 e. The van der Waals surface area contributed by atoms with E-state index < -0.39 is 40.2 Å². The maximum atomic E-state index is 14.9. The first-order valence-corrected chi connectivity index (χ1v) is 14.3. The molecule has 10 heteroatoms. The number of anilines is 1. The van der Waals surface area contributed by atoms with Crippen LogP contribution in [-0.2, 0) is 26.2 Å². The molecule has 0 heterocycles. The Morgan fingerprint density at radius 3 is 2.15 bits per heavy atom. The van der Waals surface area contributed by atoms with Gasteiger partial charge < -0.3 is 10.2 Å². The van der Waals surface area contributed by atoms with Crippen molar-refractivity contribution >= 4 is 27.5 Å². The van der Waals surface area contributed by atoms with Crippen LogP contribution in [0.5, 0.6) is 0 Å². The lowest BCUT2D eigenvalue weighted by molar-refractivity contribution is -0.140. The van der Waals surface area contributed by atoms with E-state index in [1.807, 2.05) is 6.92 Å². The second-order valence-electron chi connectivity index (χ2n) is 8.99. The van der Waals surface area contributed by atoms with Gasteiger partial charge in [-0.1, -0.05) is 62.7 Å². The van der Waals surface area contributed by atoms with Gasteiger partial charge in [0, 0.05) is 13.1 Å². The van der Waals surface area contributed by atoms with Gasteiger partial charge in [-0.2, -0.15) is 0 Å². The van der Waals surface area contributed by atoms with Gasteiger partial charge in [0.1, 0.15) is 24.2 Å². The minimum absolute atomic E-state index is 0.0741. The van der Waals surface area contributed by atoms with Crippen molar-refractivity contribution < 1.29 is 26.8 Å². The molecule has 3 rings (SSSR count). The smallest absolute Gasteiger partial charge is 0.264 e. The monoisotopic (exact) mass is 557 g/mol. The number of unbranched alkanes of at least 4 members (excludes halogenated alkanes) is 1. The molecule has 7 nitrogen and oxygen atoms in total. The van der Waals surface area contributed by atoms with Gasteiger partial charge in [-0.15, -0.1) is 0 Å². The summed E-state index contributed by atoms with van der Waals surface area (Å²) in [6.45, 7) is 3.32. The predicted octanol–water partition coefficient (Wildman–Crippen LogP) is 4.88. The summed E-state index contributed by atoms with van der Waals surface area (Å²) >= 11 is 0. The normalized spacial score (nSPS) is 12.0. The molecule has 0 aliphatic rings. The highest BCUT2D eigenvalue weighted by molar-refractivity contribution is 7.92. The van der Waals surface area contributed by atoms with Gasteiger partial charge in [-0.3, -0.25) is 13.9 Å². The number of rotatable bonds is 13. The Bertz CT molecular complexity index is 1350. The van der Waals surface area contributed by atoms with Crippen LogP contribution in [0.1, 0.15) is 38.7 Å². The van der Waals surface area contributed by atoms with Crippen LogP contribution < -0.4 is 9.62 Å². The van der Waals surface area contributed by atoms with Crippen molar-refractivity contribution in [3.05, 3.63) is 96.1 Å². The van der Waals surface area contributed by atoms with Crippen LogP contribution in [0.2, 0.25) is 0 Å². The van der Waals surface area contributed by atoms with Gasteiger partial charge in [0.2, 0.25) is 11.8 Å². The molecule has 0 radical (unpaired) electrons. The zero-order valence-corrected chi connectivity index (χ0v) is 22.8. The SMILES string of the molecule is CCCCNC(=O)[C@H](CC)N(Cc1ccc(F)cc1)C(=O)CN(c1ccccc1F)S(=O)(=O)c1ccccc1. The molecule has 208 valence electrons. The summed E-state index contributed by atoms with van der Waals surface area (Å²) < 4.78 is 56.5. The molecule has 0 saturated carbocycles. The van der Waals surface area contributed by atoms with Crippen LogP contribution in [0.4, 0.5) is 14.5 Å². The van der Waals surface area contributed by atoms with E-state index >= 15 is 0 Å². The van der Waals surface area contributed by atoms with Gasteiger partial charge in [-0.05, 0) is 54.8 Å². The highest BCUT2D eigenvalue weighted by atomic mass is 32.2. The van der Waals surface area contributed by atoms with Gasteiger partial charge in [0.15, 0.2) is 0 Å². The molecule has 0 fully saturated rings. The van der Waals surface area contributed by atoms with E-state index in [4.69, 9.17) is 0 Å². The summed E-state index contributed by atoms with van der Waals surface area (Å²) in [5.74, 6) is -2.37. The molecule has 0 aromatic heterocycles. The topological polar surface area (TPSA) is 86.8 Å². The summed E-state index contributed by atoms with van der Waals surface area (Å²) in [6.07, 6.45) is 1.87. The average Bonchev–Trinajstić information content (AvgIpc) is 2.93. The van der Waals surface area contributed by atoms with Crippen molar-refractivity contribution in [2.75, 3.05) is 17.4 Å². The van der Waals surface area contributed by atoms with E-state index in [9.17, 15) is 26.8 Å². The van der Waals surface area contributed by atoms with E-state index in [1.165, 1.54) is 71.6 Å². The molecule has 1 atom stereocenters. The van der Waals surface area contributed by atoms with E-state index in [-0.39, 0.29) is 29.5 Å². The van der Waals surface area contributed by atoms with Crippen molar-refractivity contribution in [2.24, 2.45) is 0 Å². The van der Waals surface area contributed by atoms with Crippen LogP contribution in [0.15, 0.2) is 83.8 Å². The Hall–Kier alpha value is -3.79. The second kappa shape index (κ2) is 13.8. The number of hydrogen-bond donors (Lipinski definition) is 1. The Kier molecular flexibility index (Phi) is 10.6. The molecule has 0 aliphatic carbocycles. The van der Waals surface area contributed by atoms with Gasteiger partial charge >= 0.3 is 0 Å². The van der Waals surface area contributed by atoms with Gasteiger partial charge in [-0.25, -0.2) is 17.2 Å². The molecular formula is C29H33F2N3O4S. The highest BCUT2D eigenvalue weighted by Gasteiger charge is 2.34. The number of amides is 2. The number of benzene rings is 3. The first-order chi connectivity index (χ1) is 18.7. The van der Waals surface area contributed by atoms with Crippen molar-refractivity contribution in [2.45, 2.75) is 50.6 Å². The number of halogens is 2. The second-order valence-corrected chi connectivity index (χ2v) is 10.9. The van der Waals surface area contributed by atoms with Crippen molar-refractivity contribution in [1.29, 1.82) is 0 Å². The average molecular weight is 558 g/mol. The number of hydrogen-bond acceptors (Lipinski definition) is 4. The number of nitrogens with zero attached hydrogens (tertiary/aromatic N) is 2. The molecule has 3 aromatic carbocycles. The molecular weight excluding hydrogens is 524 g/mol. The summed E-state index contributed by atoms with van der Waals surface area (Å²) in [5.41, 5.74) is 0.254. The number of nitrogens with one attached hydrogen (secondary N) is 1. The lowest BCUT2D eigenvalue weighted by atomic mass is 10.1. The molecule has 39 heavy (non-hydrogen) atoms. The lowest BCUT2D eigenvalue weighted by Gasteiger charge is -2.33. The third kappa shape index (κ3) is 7.63. The lowest BCUT2D eigenvalue weighted by Crippen LogP contribution is -2.52. The fourth-order valence-electron chi connectivity index (χ4n) is 4.10. The standard InChI is InChI=1S/C29H33F2N3O4S/c1-3-5-19-32-29(36)26(4-2)33(20-22-15-17-23(30)18-16-22)28(35)21-34(27-14-10-9-13-25(27)31)39(37,38)24-11-7-6-8-12-24/h6-18,26H,3-5,19-21H2,1-2H3,(H,32,36)/t26-/m0/s1. The van der Waals surface area contributed by atoms with Gasteiger partial charge in [0.05, 0.1) is 10.6 Å². The van der Waals surface area contributed by atoms with Crippen LogP contribution in [0, 0.1) is 11.6 Å². The van der Waals surface area contributed by atoms with Crippen molar-refractivity contribution in [3.63, 3.8) is 0 Å². The molecule has 0 saturated heterocycles. The number of para-hydroxylation sites is 1. The zero-order valence-electron chi connectivity index (χ0n) is 22.0. The third-order valence-electron chi connectivity index (χ3n) is 6.21. The summed E-state index contributed by atoms with van der Waals surface area (Å²) in [5, 5.41) is 2.83. The minimum Gasteiger partial charge on any atom is -0.354 e. The predicted molar refractivity (Wildman–Crippen MR) is 146 cm³/mol. The summed E-state index contributed by atoms with van der Waals surface area (Å²) in [4.78, 5) is 28.1. The Morgan fingerprint density at radius 1 is 0.897 bits per heavy atom. The molecule has 0 unspecified atom stereocenters. The number of carbonyl (C=O) groups is 2. The number of sulfonamides is 1. The molecule has 2 amide bonds. The first kappa shape index (κ1) is 29.8. The van der Waals surface area contributed by atoms with Crippen LogP contribution >= 0.6 is 0 Å². The highest BCUT2D eigenvalue weighted by Crippen LogP contribution is 2.27. The number of carbonyl (C=O) groups excluding carboxylic acids is 2. The largest absolute Gasteiger partial charge is 0.354 e. The fraction of sp³-hybridized carbons (Fsp3) is 0.310. The van der Waals surface area contributed by atoms with Crippen molar-refractivity contribution in [3.8, 4) is 0 Å². The molecule has 0 spiro atoms. The summed E-state index contributed by atoms with van der Waals surface area (Å²) in [6, 6.07) is 17.3. The van der Waals surface area contributed by atoms with E-state index in [0.29, 0.717) is 12.1 Å². The third-order valence-corrected chi connectivity index (χ3v) is 7.99. The zero-order chi connectivity index (χ0) is 28.4. The molecule has 3 aromatic rings. The van der Waals surface area contributed by atoms with Crippen LogP contribution in [-0.4, -0.2) is 44.3 Å². The van der Waals surface area contributed by atoms with E-state index in [1.54, 1.807) is 13.0 Å². The van der Waals surface area contributed by atoms with Crippen LogP contribution in [0.3, 0.4) is 0 Å². The Labute approximate surface area is 228 Å². The maximum absolute atomic E-state index is 14.9. The van der Waals surface area contributed by atoms with Crippen LogP contribution in [0.25, 0.3) is 0 Å². The Balaban J connectivity index is 2.03. The van der Waals surface area contributed by atoms with Crippen molar-refractivity contribution in [1.82, 2.24) is 10.2 Å². The molecule has 0 aliphatic heterocycles. The fourth-order valence-corrected chi connectivity index (χ4v) is 5.54. The molecule has 0 bridgehead atoms. The minimum atomic E-state index is -4.36. The quantitative estimate of drug-likeness (QED) is 0.304. The Morgan fingerprint density at radius 2 is 1.54 bits per heavy atom. The summed E-state index contributed by atoms with van der Waals surface area (Å²) in [7, 11) is -4.36. The van der Waals surface area contributed by atoms with Gasteiger partial charge in [0.25, 0.3) is 10.0 Å². The molecule has 1 N–H and O–H groups in total.